The van der Waals surface area contributed by atoms with Crippen molar-refractivity contribution in [2.75, 3.05) is 13.2 Å². The molecule has 1 N–H and O–H groups in total. The van der Waals surface area contributed by atoms with E-state index in [9.17, 15) is 0 Å². The van der Waals surface area contributed by atoms with Crippen molar-refractivity contribution in [1.29, 1.82) is 0 Å². The van der Waals surface area contributed by atoms with E-state index in [4.69, 9.17) is 9.47 Å². The van der Waals surface area contributed by atoms with Gasteiger partial charge in [0.1, 0.15) is 19.0 Å². The number of nitrogens with zero attached hydrogens (tertiary/aromatic N) is 1. The molecule has 4 nitrogen and oxygen atoms in total. The first-order valence-electron chi connectivity index (χ1n) is 7.40. The molecule has 0 atom stereocenters. The minimum absolute atomic E-state index is 0.488. The van der Waals surface area contributed by atoms with Crippen LogP contribution in [0.5, 0.6) is 11.6 Å². The van der Waals surface area contributed by atoms with Crippen molar-refractivity contribution >= 4 is 0 Å². The number of pyridine rings is 1. The highest BCUT2D eigenvalue weighted by Gasteiger charge is 2.20. The Morgan fingerprint density at radius 2 is 1.81 bits per heavy atom. The molecule has 0 saturated heterocycles. The van der Waals surface area contributed by atoms with E-state index in [0.29, 0.717) is 25.1 Å². The summed E-state index contributed by atoms with van der Waals surface area (Å²) in [6.45, 7) is 1.81. The molecule has 0 radical (unpaired) electrons. The van der Waals surface area contributed by atoms with Gasteiger partial charge in [-0.1, -0.05) is 24.3 Å². The number of benzene rings is 1. The largest absolute Gasteiger partial charge is 0.490 e. The van der Waals surface area contributed by atoms with Crippen LogP contribution >= 0.6 is 0 Å². The van der Waals surface area contributed by atoms with E-state index in [-0.39, 0.29) is 0 Å². The summed E-state index contributed by atoms with van der Waals surface area (Å²) in [6, 6.07) is 14.4. The molecule has 0 amide bonds. The van der Waals surface area contributed by atoms with Gasteiger partial charge in [-0.25, -0.2) is 4.98 Å². The first-order valence-corrected chi connectivity index (χ1v) is 7.40. The van der Waals surface area contributed by atoms with E-state index in [1.165, 1.54) is 12.8 Å². The zero-order valence-corrected chi connectivity index (χ0v) is 12.0. The SMILES string of the molecule is c1ccc(OCCOc2ncccc2CNC2CC2)cc1. The van der Waals surface area contributed by atoms with Crippen molar-refractivity contribution in [2.45, 2.75) is 25.4 Å². The maximum atomic E-state index is 5.74. The van der Waals surface area contributed by atoms with Crippen LogP contribution in [0, 0.1) is 0 Å². The first-order chi connectivity index (χ1) is 10.4. The van der Waals surface area contributed by atoms with Gasteiger partial charge >= 0.3 is 0 Å². The molecule has 1 heterocycles. The third-order valence-corrected chi connectivity index (χ3v) is 3.34. The van der Waals surface area contributed by atoms with E-state index in [1.807, 2.05) is 36.4 Å². The van der Waals surface area contributed by atoms with Gasteiger partial charge in [-0.05, 0) is 31.0 Å². The van der Waals surface area contributed by atoms with Crippen molar-refractivity contribution in [3.05, 3.63) is 54.2 Å². The molecular weight excluding hydrogens is 264 g/mol. The molecule has 1 saturated carbocycles. The molecule has 1 aromatic carbocycles. The number of ether oxygens (including phenoxy) is 2. The Hall–Kier alpha value is -2.07. The second kappa shape index (κ2) is 7.09. The number of hydrogen-bond acceptors (Lipinski definition) is 4. The first kappa shape index (κ1) is 13.9. The second-order valence-electron chi connectivity index (χ2n) is 5.13. The van der Waals surface area contributed by atoms with Crippen LogP contribution in [-0.4, -0.2) is 24.2 Å². The molecule has 0 bridgehead atoms. The minimum Gasteiger partial charge on any atom is -0.490 e. The minimum atomic E-state index is 0.488. The van der Waals surface area contributed by atoms with E-state index < -0.39 is 0 Å². The fourth-order valence-corrected chi connectivity index (χ4v) is 2.04. The lowest BCUT2D eigenvalue weighted by Crippen LogP contribution is -2.17. The highest BCUT2D eigenvalue weighted by atomic mass is 16.5. The van der Waals surface area contributed by atoms with Gasteiger partial charge in [0.15, 0.2) is 0 Å². The van der Waals surface area contributed by atoms with Crippen molar-refractivity contribution in [3.8, 4) is 11.6 Å². The molecular formula is C17H20N2O2. The smallest absolute Gasteiger partial charge is 0.217 e. The number of aromatic nitrogens is 1. The number of rotatable bonds is 8. The average molecular weight is 284 g/mol. The van der Waals surface area contributed by atoms with Crippen molar-refractivity contribution < 1.29 is 9.47 Å². The van der Waals surface area contributed by atoms with Gasteiger partial charge in [-0.3, -0.25) is 0 Å². The Morgan fingerprint density at radius 3 is 2.62 bits per heavy atom. The number of para-hydroxylation sites is 1. The quantitative estimate of drug-likeness (QED) is 0.757. The Bertz CT molecular complexity index is 556. The van der Waals surface area contributed by atoms with Crippen LogP contribution in [0.1, 0.15) is 18.4 Å². The summed E-state index contributed by atoms with van der Waals surface area (Å²) in [5.41, 5.74) is 1.10. The summed E-state index contributed by atoms with van der Waals surface area (Å²) in [4.78, 5) is 4.30. The average Bonchev–Trinajstić information content (AvgIpc) is 3.36. The van der Waals surface area contributed by atoms with Crippen LogP contribution in [0.2, 0.25) is 0 Å². The van der Waals surface area contributed by atoms with Gasteiger partial charge in [-0.2, -0.15) is 0 Å². The molecule has 1 aliphatic rings. The maximum Gasteiger partial charge on any atom is 0.217 e. The van der Waals surface area contributed by atoms with Crippen LogP contribution in [-0.2, 0) is 6.54 Å². The molecule has 1 fully saturated rings. The van der Waals surface area contributed by atoms with Crippen molar-refractivity contribution in [2.24, 2.45) is 0 Å². The van der Waals surface area contributed by atoms with Crippen LogP contribution in [0.3, 0.4) is 0 Å². The molecule has 0 unspecified atom stereocenters. The van der Waals surface area contributed by atoms with Gasteiger partial charge in [0.2, 0.25) is 5.88 Å². The Morgan fingerprint density at radius 1 is 1.00 bits per heavy atom. The normalized spacial score (nSPS) is 13.9. The van der Waals surface area contributed by atoms with Gasteiger partial charge in [0.05, 0.1) is 0 Å². The Kier molecular flexibility index (Phi) is 4.69. The molecule has 3 rings (SSSR count). The molecule has 2 aromatic rings. The monoisotopic (exact) mass is 284 g/mol. The summed E-state index contributed by atoms with van der Waals surface area (Å²) in [7, 11) is 0. The molecule has 1 aromatic heterocycles. The lowest BCUT2D eigenvalue weighted by atomic mass is 10.2. The highest BCUT2D eigenvalue weighted by Crippen LogP contribution is 2.21. The molecule has 1 aliphatic carbocycles. The highest BCUT2D eigenvalue weighted by molar-refractivity contribution is 5.25. The van der Waals surface area contributed by atoms with E-state index in [0.717, 1.165) is 17.9 Å². The summed E-state index contributed by atoms with van der Waals surface area (Å²) in [6.07, 6.45) is 4.32. The Labute approximate surface area is 125 Å². The topological polar surface area (TPSA) is 43.4 Å². The van der Waals surface area contributed by atoms with Crippen LogP contribution < -0.4 is 14.8 Å². The number of nitrogens with one attached hydrogen (secondary N) is 1. The summed E-state index contributed by atoms with van der Waals surface area (Å²) < 4.78 is 11.3. The van der Waals surface area contributed by atoms with Crippen LogP contribution in [0.4, 0.5) is 0 Å². The molecule has 4 heteroatoms. The standard InChI is InChI=1S/C17H20N2O2/c1-2-6-16(7-3-1)20-11-12-21-17-14(5-4-10-18-17)13-19-15-8-9-15/h1-7,10,15,19H,8-9,11-13H2. The molecule has 0 aliphatic heterocycles. The predicted octanol–water partition coefficient (Wildman–Crippen LogP) is 2.79. The lowest BCUT2D eigenvalue weighted by Gasteiger charge is -2.11. The zero-order valence-electron chi connectivity index (χ0n) is 12.0. The molecule has 110 valence electrons. The van der Waals surface area contributed by atoms with Crippen molar-refractivity contribution in [1.82, 2.24) is 10.3 Å². The summed E-state index contributed by atoms with van der Waals surface area (Å²) >= 11 is 0. The fourth-order valence-electron chi connectivity index (χ4n) is 2.04. The van der Waals surface area contributed by atoms with E-state index >= 15 is 0 Å². The van der Waals surface area contributed by atoms with Gasteiger partial charge in [0.25, 0.3) is 0 Å². The molecule has 21 heavy (non-hydrogen) atoms. The van der Waals surface area contributed by atoms with Gasteiger partial charge in [-0.15, -0.1) is 0 Å². The Balaban J connectivity index is 1.45. The number of hydrogen-bond donors (Lipinski definition) is 1. The van der Waals surface area contributed by atoms with E-state index in [2.05, 4.69) is 16.4 Å². The van der Waals surface area contributed by atoms with E-state index in [1.54, 1.807) is 6.20 Å². The third kappa shape index (κ3) is 4.46. The summed E-state index contributed by atoms with van der Waals surface area (Å²) in [5.74, 6) is 1.56. The van der Waals surface area contributed by atoms with Gasteiger partial charge in [0, 0.05) is 24.3 Å². The van der Waals surface area contributed by atoms with Crippen LogP contribution in [0.15, 0.2) is 48.7 Å². The fraction of sp³-hybridized carbons (Fsp3) is 0.353. The summed E-state index contributed by atoms with van der Waals surface area (Å²) in [5, 5.41) is 3.48. The molecule has 0 spiro atoms. The third-order valence-electron chi connectivity index (χ3n) is 3.34. The van der Waals surface area contributed by atoms with Crippen LogP contribution in [0.25, 0.3) is 0 Å². The second-order valence-corrected chi connectivity index (χ2v) is 5.13. The predicted molar refractivity (Wildman–Crippen MR) is 81.5 cm³/mol. The lowest BCUT2D eigenvalue weighted by molar-refractivity contribution is 0.210. The van der Waals surface area contributed by atoms with Gasteiger partial charge < -0.3 is 14.8 Å². The maximum absolute atomic E-state index is 5.74. The van der Waals surface area contributed by atoms with Crippen molar-refractivity contribution in [3.63, 3.8) is 0 Å². The zero-order chi connectivity index (χ0) is 14.3.